The van der Waals surface area contributed by atoms with Crippen LogP contribution in [0, 0.1) is 0 Å². The summed E-state index contributed by atoms with van der Waals surface area (Å²) < 4.78 is 6.30. The highest BCUT2D eigenvalue weighted by Gasteiger charge is 2.07. The van der Waals surface area contributed by atoms with Gasteiger partial charge in [-0.1, -0.05) is 57.9 Å². The van der Waals surface area contributed by atoms with Gasteiger partial charge in [-0.25, -0.2) is 0 Å². The van der Waals surface area contributed by atoms with E-state index < -0.39 is 0 Å². The molecule has 0 N–H and O–H groups in total. The Labute approximate surface area is 125 Å². The normalized spacial score (nSPS) is 10.2. The molecular weight excluding hydrogens is 328 g/mol. The van der Waals surface area contributed by atoms with Crippen molar-refractivity contribution in [2.45, 2.75) is 6.42 Å². The van der Waals surface area contributed by atoms with E-state index in [1.165, 1.54) is 0 Å². The molecule has 0 atom stereocenters. The summed E-state index contributed by atoms with van der Waals surface area (Å²) in [5, 5.41) is 0.496. The molecule has 0 heterocycles. The summed E-state index contributed by atoms with van der Waals surface area (Å²) in [6, 6.07) is 14.9. The SMILES string of the molecule is O=C(COc1cc(Br)ccc1Cl)Cc1ccccc1. The van der Waals surface area contributed by atoms with E-state index in [1.807, 2.05) is 36.4 Å². The Bertz CT molecular complexity index is 570. The largest absolute Gasteiger partial charge is 0.484 e. The predicted octanol–water partition coefficient (Wildman–Crippen LogP) is 4.29. The van der Waals surface area contributed by atoms with Gasteiger partial charge >= 0.3 is 0 Å². The molecule has 0 unspecified atom stereocenters. The molecule has 0 saturated heterocycles. The molecule has 0 aliphatic rings. The number of hydrogen-bond acceptors (Lipinski definition) is 2. The second-order valence-electron chi connectivity index (χ2n) is 4.06. The van der Waals surface area contributed by atoms with Gasteiger partial charge in [-0.2, -0.15) is 0 Å². The van der Waals surface area contributed by atoms with E-state index in [1.54, 1.807) is 12.1 Å². The van der Waals surface area contributed by atoms with E-state index in [4.69, 9.17) is 16.3 Å². The molecule has 0 amide bonds. The van der Waals surface area contributed by atoms with Crippen molar-refractivity contribution in [2.24, 2.45) is 0 Å². The lowest BCUT2D eigenvalue weighted by Crippen LogP contribution is -2.13. The van der Waals surface area contributed by atoms with Gasteiger partial charge in [0.1, 0.15) is 12.4 Å². The zero-order valence-corrected chi connectivity index (χ0v) is 12.4. The van der Waals surface area contributed by atoms with E-state index in [2.05, 4.69) is 15.9 Å². The Morgan fingerprint density at radius 2 is 1.89 bits per heavy atom. The van der Waals surface area contributed by atoms with Crippen molar-refractivity contribution in [1.82, 2.24) is 0 Å². The molecule has 0 aliphatic heterocycles. The third kappa shape index (κ3) is 4.37. The maximum Gasteiger partial charge on any atom is 0.174 e. The topological polar surface area (TPSA) is 26.3 Å². The van der Waals surface area contributed by atoms with Crippen molar-refractivity contribution < 1.29 is 9.53 Å². The first-order valence-corrected chi connectivity index (χ1v) is 6.96. The van der Waals surface area contributed by atoms with Gasteiger partial charge in [0.2, 0.25) is 0 Å². The number of rotatable bonds is 5. The van der Waals surface area contributed by atoms with Gasteiger partial charge in [0.05, 0.1) is 5.02 Å². The van der Waals surface area contributed by atoms with Gasteiger partial charge < -0.3 is 4.74 Å². The Hall–Kier alpha value is -1.32. The van der Waals surface area contributed by atoms with E-state index in [0.717, 1.165) is 10.0 Å². The molecule has 19 heavy (non-hydrogen) atoms. The average molecular weight is 340 g/mol. The number of ether oxygens (including phenoxy) is 1. The molecule has 2 nitrogen and oxygen atoms in total. The first-order valence-electron chi connectivity index (χ1n) is 5.78. The molecule has 0 spiro atoms. The quantitative estimate of drug-likeness (QED) is 0.812. The Morgan fingerprint density at radius 3 is 2.63 bits per heavy atom. The van der Waals surface area contributed by atoms with Gasteiger partial charge in [0, 0.05) is 10.9 Å². The molecule has 2 aromatic rings. The third-order valence-electron chi connectivity index (χ3n) is 2.53. The van der Waals surface area contributed by atoms with Gasteiger partial charge in [-0.3, -0.25) is 4.79 Å². The highest BCUT2D eigenvalue weighted by Crippen LogP contribution is 2.27. The standard InChI is InChI=1S/C15H12BrClO2/c16-12-6-7-14(17)15(9-12)19-10-13(18)8-11-4-2-1-3-5-11/h1-7,9H,8,10H2. The van der Waals surface area contributed by atoms with Crippen LogP contribution in [0.5, 0.6) is 5.75 Å². The van der Waals surface area contributed by atoms with Crippen molar-refractivity contribution in [3.63, 3.8) is 0 Å². The zero-order chi connectivity index (χ0) is 13.7. The molecule has 0 saturated carbocycles. The van der Waals surface area contributed by atoms with E-state index in [-0.39, 0.29) is 12.4 Å². The summed E-state index contributed by atoms with van der Waals surface area (Å²) in [7, 11) is 0. The minimum absolute atomic E-state index is 0.0160. The zero-order valence-electron chi connectivity index (χ0n) is 10.1. The lowest BCUT2D eigenvalue weighted by molar-refractivity contribution is -0.120. The van der Waals surface area contributed by atoms with Crippen molar-refractivity contribution in [3.05, 3.63) is 63.6 Å². The summed E-state index contributed by atoms with van der Waals surface area (Å²) >= 11 is 9.32. The van der Waals surface area contributed by atoms with Crippen LogP contribution in [0.15, 0.2) is 53.0 Å². The summed E-state index contributed by atoms with van der Waals surface area (Å²) in [6.07, 6.45) is 0.368. The smallest absolute Gasteiger partial charge is 0.174 e. The Balaban J connectivity index is 1.92. The first-order chi connectivity index (χ1) is 9.15. The molecule has 2 rings (SSSR count). The van der Waals surface area contributed by atoms with Crippen molar-refractivity contribution in [3.8, 4) is 5.75 Å². The molecule has 0 aliphatic carbocycles. The fourth-order valence-electron chi connectivity index (χ4n) is 1.62. The Kier molecular flexibility index (Phi) is 5.00. The predicted molar refractivity (Wildman–Crippen MR) is 79.8 cm³/mol. The molecule has 0 radical (unpaired) electrons. The first kappa shape index (κ1) is 14.1. The number of halogens is 2. The average Bonchev–Trinajstić information content (AvgIpc) is 2.41. The number of ketones is 1. The lowest BCUT2D eigenvalue weighted by atomic mass is 10.1. The summed E-state index contributed by atoms with van der Waals surface area (Å²) in [5.41, 5.74) is 0.983. The molecule has 2 aromatic carbocycles. The highest BCUT2D eigenvalue weighted by molar-refractivity contribution is 9.10. The minimum Gasteiger partial charge on any atom is -0.484 e. The second-order valence-corrected chi connectivity index (χ2v) is 5.39. The van der Waals surface area contributed by atoms with Gasteiger partial charge in [0.25, 0.3) is 0 Å². The van der Waals surface area contributed by atoms with Gasteiger partial charge in [0.15, 0.2) is 5.78 Å². The fraction of sp³-hybridized carbons (Fsp3) is 0.133. The van der Waals surface area contributed by atoms with Crippen LogP contribution in [0.25, 0.3) is 0 Å². The van der Waals surface area contributed by atoms with Crippen LogP contribution >= 0.6 is 27.5 Å². The van der Waals surface area contributed by atoms with Crippen LogP contribution in [0.1, 0.15) is 5.56 Å². The number of carbonyl (C=O) groups excluding carboxylic acids is 1. The van der Waals surface area contributed by atoms with Crippen LogP contribution in [-0.4, -0.2) is 12.4 Å². The third-order valence-corrected chi connectivity index (χ3v) is 3.33. The van der Waals surface area contributed by atoms with Gasteiger partial charge in [-0.05, 0) is 23.8 Å². The van der Waals surface area contributed by atoms with Gasteiger partial charge in [-0.15, -0.1) is 0 Å². The van der Waals surface area contributed by atoms with E-state index >= 15 is 0 Å². The summed E-state index contributed by atoms with van der Waals surface area (Å²) in [5.74, 6) is 0.527. The maximum atomic E-state index is 11.8. The number of Topliss-reactive ketones (excluding diaryl/α,β-unsaturated/α-hetero) is 1. The maximum absolute atomic E-state index is 11.8. The van der Waals surface area contributed by atoms with Crippen LogP contribution in [0.4, 0.5) is 0 Å². The Morgan fingerprint density at radius 1 is 1.16 bits per heavy atom. The lowest BCUT2D eigenvalue weighted by Gasteiger charge is -2.07. The number of hydrogen-bond donors (Lipinski definition) is 0. The van der Waals surface area contributed by atoms with Crippen LogP contribution in [0.2, 0.25) is 5.02 Å². The molecule has 0 aromatic heterocycles. The number of carbonyl (C=O) groups is 1. The molecule has 4 heteroatoms. The molecule has 0 bridgehead atoms. The molecule has 98 valence electrons. The van der Waals surface area contributed by atoms with Crippen LogP contribution < -0.4 is 4.74 Å². The second kappa shape index (κ2) is 6.73. The highest BCUT2D eigenvalue weighted by atomic mass is 79.9. The fourth-order valence-corrected chi connectivity index (χ4v) is 2.13. The van der Waals surface area contributed by atoms with Crippen molar-refractivity contribution in [2.75, 3.05) is 6.61 Å². The molecular formula is C15H12BrClO2. The van der Waals surface area contributed by atoms with E-state index in [0.29, 0.717) is 17.2 Å². The number of benzene rings is 2. The van der Waals surface area contributed by atoms with E-state index in [9.17, 15) is 4.79 Å². The van der Waals surface area contributed by atoms with Crippen molar-refractivity contribution >= 4 is 33.3 Å². The minimum atomic E-state index is 0.0160. The van der Waals surface area contributed by atoms with Crippen molar-refractivity contribution in [1.29, 1.82) is 0 Å². The molecule has 0 fully saturated rings. The summed E-state index contributed by atoms with van der Waals surface area (Å²) in [4.78, 5) is 11.8. The summed E-state index contributed by atoms with van der Waals surface area (Å²) in [6.45, 7) is 0.0189. The van der Waals surface area contributed by atoms with Crippen LogP contribution in [0.3, 0.4) is 0 Å². The van der Waals surface area contributed by atoms with Crippen LogP contribution in [-0.2, 0) is 11.2 Å². The monoisotopic (exact) mass is 338 g/mol.